The molecule has 2 fully saturated rings. The van der Waals surface area contributed by atoms with Crippen LogP contribution in [0.2, 0.25) is 0 Å². The minimum atomic E-state index is -0.245. The van der Waals surface area contributed by atoms with E-state index in [4.69, 9.17) is 4.74 Å². The Bertz CT molecular complexity index is 449. The first-order valence-corrected chi connectivity index (χ1v) is 8.45. The number of carbonyl (C=O) groups excluding carboxylic acids is 3. The van der Waals surface area contributed by atoms with E-state index in [1.165, 1.54) is 4.90 Å². The number of rotatable bonds is 5. The Morgan fingerprint density at radius 3 is 2.70 bits per heavy atom. The fourth-order valence-corrected chi connectivity index (χ4v) is 3.20. The highest BCUT2D eigenvalue weighted by Gasteiger charge is 2.31. The summed E-state index contributed by atoms with van der Waals surface area (Å²) in [5, 5.41) is 3.15. The molecule has 7 nitrogen and oxygen atoms in total. The second-order valence-corrected chi connectivity index (χ2v) is 6.27. The van der Waals surface area contributed by atoms with Crippen molar-refractivity contribution in [3.05, 3.63) is 0 Å². The van der Waals surface area contributed by atoms with Crippen LogP contribution >= 0.6 is 0 Å². The predicted molar refractivity (Wildman–Crippen MR) is 84.6 cm³/mol. The zero-order chi connectivity index (χ0) is 16.8. The van der Waals surface area contributed by atoms with E-state index in [0.717, 1.165) is 32.2 Å². The second-order valence-electron chi connectivity index (χ2n) is 6.27. The van der Waals surface area contributed by atoms with E-state index in [1.807, 2.05) is 0 Å². The molecule has 2 rings (SSSR count). The standard InChI is InChI=1S/C16H27N3O4/c1-3-23-16(22)12-6-5-9-19(10-12)14(20)11-18(2)15(21)13-7-4-8-17-13/h12-13,17H,3-11H2,1-2H3. The van der Waals surface area contributed by atoms with Crippen LogP contribution in [0.1, 0.15) is 32.6 Å². The van der Waals surface area contributed by atoms with Gasteiger partial charge in [-0.15, -0.1) is 0 Å². The summed E-state index contributed by atoms with van der Waals surface area (Å²) in [5.41, 5.74) is 0. The lowest BCUT2D eigenvalue weighted by Gasteiger charge is -2.33. The van der Waals surface area contributed by atoms with Gasteiger partial charge >= 0.3 is 5.97 Å². The van der Waals surface area contributed by atoms with Crippen LogP contribution in [0, 0.1) is 5.92 Å². The molecule has 0 spiro atoms. The Kier molecular flexibility index (Phi) is 6.38. The minimum absolute atomic E-state index is 0.0326. The summed E-state index contributed by atoms with van der Waals surface area (Å²) in [5.74, 6) is -0.614. The molecule has 7 heteroatoms. The topological polar surface area (TPSA) is 79.0 Å². The van der Waals surface area contributed by atoms with E-state index < -0.39 is 0 Å². The molecule has 0 aromatic heterocycles. The van der Waals surface area contributed by atoms with Crippen LogP contribution in [-0.4, -0.2) is 73.5 Å². The summed E-state index contributed by atoms with van der Waals surface area (Å²) >= 11 is 0. The molecule has 2 unspecified atom stereocenters. The third kappa shape index (κ3) is 4.67. The summed E-state index contributed by atoms with van der Waals surface area (Å²) in [6.45, 7) is 4.08. The van der Waals surface area contributed by atoms with Gasteiger partial charge in [0, 0.05) is 20.1 Å². The molecule has 2 saturated heterocycles. The number of piperidine rings is 1. The number of esters is 1. The van der Waals surface area contributed by atoms with E-state index in [2.05, 4.69) is 5.32 Å². The van der Waals surface area contributed by atoms with E-state index >= 15 is 0 Å². The lowest BCUT2D eigenvalue weighted by Crippen LogP contribution is -2.49. The second kappa shape index (κ2) is 8.29. The summed E-state index contributed by atoms with van der Waals surface area (Å²) < 4.78 is 5.05. The van der Waals surface area contributed by atoms with E-state index in [-0.39, 0.29) is 36.3 Å². The molecular weight excluding hydrogens is 298 g/mol. The van der Waals surface area contributed by atoms with Gasteiger partial charge < -0.3 is 19.9 Å². The number of hydrogen-bond donors (Lipinski definition) is 1. The maximum Gasteiger partial charge on any atom is 0.310 e. The minimum Gasteiger partial charge on any atom is -0.466 e. The zero-order valence-electron chi connectivity index (χ0n) is 14.0. The van der Waals surface area contributed by atoms with Crippen molar-refractivity contribution in [1.29, 1.82) is 0 Å². The Balaban J connectivity index is 1.84. The third-order valence-corrected chi connectivity index (χ3v) is 4.50. The van der Waals surface area contributed by atoms with Crippen molar-refractivity contribution in [3.8, 4) is 0 Å². The highest BCUT2D eigenvalue weighted by molar-refractivity contribution is 5.87. The number of nitrogens with zero attached hydrogens (tertiary/aromatic N) is 2. The molecule has 23 heavy (non-hydrogen) atoms. The fourth-order valence-electron chi connectivity index (χ4n) is 3.20. The Labute approximate surface area is 137 Å². The molecule has 0 aromatic carbocycles. The lowest BCUT2D eigenvalue weighted by molar-refractivity contribution is -0.152. The van der Waals surface area contributed by atoms with Gasteiger partial charge in [0.05, 0.1) is 25.1 Å². The number of ether oxygens (including phenoxy) is 1. The smallest absolute Gasteiger partial charge is 0.310 e. The largest absolute Gasteiger partial charge is 0.466 e. The number of nitrogens with one attached hydrogen (secondary N) is 1. The Morgan fingerprint density at radius 1 is 1.26 bits per heavy atom. The monoisotopic (exact) mass is 325 g/mol. The van der Waals surface area contributed by atoms with E-state index in [0.29, 0.717) is 19.7 Å². The van der Waals surface area contributed by atoms with Crippen molar-refractivity contribution in [2.75, 3.05) is 39.8 Å². The summed E-state index contributed by atoms with van der Waals surface area (Å²) in [4.78, 5) is 39.7. The quantitative estimate of drug-likeness (QED) is 0.720. The normalized spacial score (nSPS) is 24.3. The molecule has 1 N–H and O–H groups in total. The zero-order valence-corrected chi connectivity index (χ0v) is 14.0. The van der Waals surface area contributed by atoms with Crippen LogP contribution in [0.3, 0.4) is 0 Å². The van der Waals surface area contributed by atoms with Gasteiger partial charge in [0.1, 0.15) is 0 Å². The summed E-state index contributed by atoms with van der Waals surface area (Å²) in [7, 11) is 1.66. The number of carbonyl (C=O) groups is 3. The van der Waals surface area contributed by atoms with Gasteiger partial charge in [-0.2, -0.15) is 0 Å². The van der Waals surface area contributed by atoms with Crippen molar-refractivity contribution in [1.82, 2.24) is 15.1 Å². The molecule has 2 amide bonds. The van der Waals surface area contributed by atoms with Crippen molar-refractivity contribution >= 4 is 17.8 Å². The molecule has 2 heterocycles. The highest BCUT2D eigenvalue weighted by Crippen LogP contribution is 2.18. The fraction of sp³-hybridized carbons (Fsp3) is 0.812. The van der Waals surface area contributed by atoms with Crippen molar-refractivity contribution in [3.63, 3.8) is 0 Å². The Morgan fingerprint density at radius 2 is 2.04 bits per heavy atom. The van der Waals surface area contributed by atoms with Gasteiger partial charge in [-0.3, -0.25) is 14.4 Å². The van der Waals surface area contributed by atoms with Gasteiger partial charge in [-0.1, -0.05) is 0 Å². The molecule has 0 saturated carbocycles. The van der Waals surface area contributed by atoms with Crippen molar-refractivity contribution < 1.29 is 19.1 Å². The van der Waals surface area contributed by atoms with E-state index in [9.17, 15) is 14.4 Å². The molecule has 0 bridgehead atoms. The van der Waals surface area contributed by atoms with Crippen molar-refractivity contribution in [2.24, 2.45) is 5.92 Å². The van der Waals surface area contributed by atoms with Gasteiger partial charge in [-0.05, 0) is 39.2 Å². The molecule has 0 aromatic rings. The molecular formula is C16H27N3O4. The average Bonchev–Trinajstić information content (AvgIpc) is 3.08. The number of amides is 2. The van der Waals surface area contributed by atoms with Gasteiger partial charge in [0.2, 0.25) is 11.8 Å². The highest BCUT2D eigenvalue weighted by atomic mass is 16.5. The Hall–Kier alpha value is -1.63. The first kappa shape index (κ1) is 17.7. The number of hydrogen-bond acceptors (Lipinski definition) is 5. The van der Waals surface area contributed by atoms with Crippen LogP contribution in [-0.2, 0) is 19.1 Å². The lowest BCUT2D eigenvalue weighted by atomic mass is 9.98. The molecule has 130 valence electrons. The van der Waals surface area contributed by atoms with Crippen molar-refractivity contribution in [2.45, 2.75) is 38.6 Å². The van der Waals surface area contributed by atoms with Crippen LogP contribution < -0.4 is 5.32 Å². The van der Waals surface area contributed by atoms with Gasteiger partial charge in [-0.25, -0.2) is 0 Å². The van der Waals surface area contributed by atoms with Gasteiger partial charge in [0.15, 0.2) is 0 Å². The molecule has 0 radical (unpaired) electrons. The molecule has 2 atom stereocenters. The van der Waals surface area contributed by atoms with E-state index in [1.54, 1.807) is 18.9 Å². The maximum atomic E-state index is 12.4. The number of likely N-dealkylation sites (N-methyl/N-ethyl adjacent to an activating group) is 1. The van der Waals surface area contributed by atoms with Gasteiger partial charge in [0.25, 0.3) is 0 Å². The first-order valence-electron chi connectivity index (χ1n) is 8.45. The average molecular weight is 325 g/mol. The van der Waals surface area contributed by atoms with Crippen LogP contribution in [0.5, 0.6) is 0 Å². The van der Waals surface area contributed by atoms with Crippen LogP contribution in [0.25, 0.3) is 0 Å². The summed E-state index contributed by atoms with van der Waals surface area (Å²) in [6, 6.07) is -0.165. The predicted octanol–water partition coefficient (Wildman–Crippen LogP) is -0.00150. The SMILES string of the molecule is CCOC(=O)C1CCCN(C(=O)CN(C)C(=O)C2CCCN2)C1. The first-order chi connectivity index (χ1) is 11.0. The van der Waals surface area contributed by atoms with Crippen LogP contribution in [0.15, 0.2) is 0 Å². The van der Waals surface area contributed by atoms with Crippen LogP contribution in [0.4, 0.5) is 0 Å². The molecule has 2 aliphatic heterocycles. The molecule has 2 aliphatic rings. The maximum absolute atomic E-state index is 12.4. The third-order valence-electron chi connectivity index (χ3n) is 4.50. The molecule has 0 aliphatic carbocycles. The summed E-state index contributed by atoms with van der Waals surface area (Å²) in [6.07, 6.45) is 3.36. The number of likely N-dealkylation sites (tertiary alicyclic amines) is 1.